The molecule has 0 aliphatic heterocycles. The van der Waals surface area contributed by atoms with Gasteiger partial charge in [0.25, 0.3) is 0 Å². The van der Waals surface area contributed by atoms with Gasteiger partial charge < -0.3 is 0 Å². The summed E-state index contributed by atoms with van der Waals surface area (Å²) in [5, 5.41) is 4.19. The molecule has 130 valence electrons. The van der Waals surface area contributed by atoms with Crippen molar-refractivity contribution < 1.29 is 0 Å². The predicted octanol–water partition coefficient (Wildman–Crippen LogP) is 5.87. The van der Waals surface area contributed by atoms with E-state index in [-0.39, 0.29) is 24.0 Å². The Kier molecular flexibility index (Phi) is 8.64. The van der Waals surface area contributed by atoms with Crippen LogP contribution in [-0.2, 0) is 0 Å². The Balaban J connectivity index is 0.000000325. The summed E-state index contributed by atoms with van der Waals surface area (Å²) < 4.78 is 0. The van der Waals surface area contributed by atoms with Gasteiger partial charge in [0, 0.05) is 0 Å². The Hall–Kier alpha value is -1.18. The van der Waals surface area contributed by atoms with E-state index in [1.165, 1.54) is 35.2 Å². The van der Waals surface area contributed by atoms with Crippen LogP contribution in [0.5, 0.6) is 0 Å². The van der Waals surface area contributed by atoms with Crippen molar-refractivity contribution in [1.82, 2.24) is 0 Å². The highest BCUT2D eigenvalue weighted by molar-refractivity contribution is 14.0. The van der Waals surface area contributed by atoms with Crippen LogP contribution in [0.25, 0.3) is 0 Å². The Morgan fingerprint density at radius 2 is 0.960 bits per heavy atom. The average Bonchev–Trinajstić information content (AvgIpc) is 3.50. The van der Waals surface area contributed by atoms with Gasteiger partial charge in [-0.15, -0.1) is 24.0 Å². The van der Waals surface area contributed by atoms with Crippen LogP contribution in [0, 0.1) is 5.92 Å². The molecule has 0 saturated heterocycles. The number of benzene rings is 3. The summed E-state index contributed by atoms with van der Waals surface area (Å²) in [6, 6.07) is 32.3. The first kappa shape index (κ1) is 20.1. The molecule has 3 aromatic carbocycles. The molecule has 1 saturated carbocycles. The van der Waals surface area contributed by atoms with Crippen molar-refractivity contribution in [1.29, 1.82) is 0 Å². The van der Waals surface area contributed by atoms with Gasteiger partial charge in [0.1, 0.15) is 0 Å². The zero-order valence-corrected chi connectivity index (χ0v) is 17.9. The molecule has 1 aliphatic carbocycles. The van der Waals surface area contributed by atoms with Crippen molar-refractivity contribution in [3.63, 3.8) is 0 Å². The maximum Gasteiger partial charge on any atom is -0.0134 e. The first-order chi connectivity index (χ1) is 11.9. The van der Waals surface area contributed by atoms with Crippen LogP contribution in [0.3, 0.4) is 0 Å². The summed E-state index contributed by atoms with van der Waals surface area (Å²) in [7, 11) is -0.446. The molecule has 0 N–H and O–H groups in total. The van der Waals surface area contributed by atoms with E-state index < -0.39 is 7.92 Å². The summed E-state index contributed by atoms with van der Waals surface area (Å²) in [6.07, 6.45) is 4.44. The molecule has 0 bridgehead atoms. The van der Waals surface area contributed by atoms with Gasteiger partial charge >= 0.3 is 0 Å². The fourth-order valence-corrected chi connectivity index (χ4v) is 5.01. The zero-order chi connectivity index (χ0) is 16.6. The molecule has 1 fully saturated rings. The van der Waals surface area contributed by atoms with E-state index in [1.54, 1.807) is 0 Å². The minimum Gasteiger partial charge on any atom is -0.107 e. The average molecular weight is 460 g/mol. The Morgan fingerprint density at radius 3 is 1.16 bits per heavy atom. The molecular weight excluding hydrogens is 434 g/mol. The van der Waals surface area contributed by atoms with Crippen LogP contribution >= 0.6 is 31.9 Å². The summed E-state index contributed by atoms with van der Waals surface area (Å²) in [4.78, 5) is 0. The molecule has 3 aromatic rings. The van der Waals surface area contributed by atoms with Gasteiger partial charge in [0.2, 0.25) is 0 Å². The molecule has 0 heterocycles. The Morgan fingerprint density at radius 1 is 0.640 bits per heavy atom. The molecule has 2 heteroatoms. The summed E-state index contributed by atoms with van der Waals surface area (Å²) in [5.74, 6) is 1.13. The van der Waals surface area contributed by atoms with Crippen molar-refractivity contribution in [3.05, 3.63) is 91.0 Å². The van der Waals surface area contributed by atoms with E-state index >= 15 is 0 Å². The molecule has 0 atom stereocenters. The molecule has 4 rings (SSSR count). The van der Waals surface area contributed by atoms with E-state index in [4.69, 9.17) is 0 Å². The second-order valence-electron chi connectivity index (χ2n) is 6.19. The molecule has 0 nitrogen and oxygen atoms in total. The fraction of sp³-hybridized carbons (Fsp3) is 0.217. The highest BCUT2D eigenvalue weighted by Gasteiger charge is 2.17. The normalized spacial score (nSPS) is 12.7. The lowest BCUT2D eigenvalue weighted by molar-refractivity contribution is 0.799. The van der Waals surface area contributed by atoms with E-state index in [1.807, 2.05) is 0 Å². The van der Waals surface area contributed by atoms with E-state index in [9.17, 15) is 0 Å². The van der Waals surface area contributed by atoms with Crippen molar-refractivity contribution in [3.8, 4) is 0 Å². The minimum absolute atomic E-state index is 0. The standard InChI is InChI=1S/C18H15P.C5H10.HI/c1-4-10-16(11-5-1)19(17-12-6-2-7-13-17)18-14-8-3-9-15-18;1-2-5-3-4-5;/h1-15H;5H,2-4H2,1H3;1H. The Bertz CT molecular complexity index is 615. The summed E-state index contributed by atoms with van der Waals surface area (Å²) in [5.41, 5.74) is 0. The predicted molar refractivity (Wildman–Crippen MR) is 124 cm³/mol. The Labute approximate surface area is 170 Å². The van der Waals surface area contributed by atoms with Gasteiger partial charge in [-0.05, 0) is 29.8 Å². The third kappa shape index (κ3) is 6.24. The van der Waals surface area contributed by atoms with E-state index in [0.29, 0.717) is 0 Å². The van der Waals surface area contributed by atoms with Crippen molar-refractivity contribution in [2.45, 2.75) is 26.2 Å². The largest absolute Gasteiger partial charge is 0.107 e. The van der Waals surface area contributed by atoms with Crippen molar-refractivity contribution in [2.24, 2.45) is 5.92 Å². The zero-order valence-electron chi connectivity index (χ0n) is 14.7. The molecule has 0 amide bonds. The van der Waals surface area contributed by atoms with Gasteiger partial charge in [-0.3, -0.25) is 0 Å². The molecule has 1 aliphatic rings. The second kappa shape index (κ2) is 10.7. The lowest BCUT2D eigenvalue weighted by Crippen LogP contribution is -2.20. The fourth-order valence-electron chi connectivity index (χ4n) is 2.70. The van der Waals surface area contributed by atoms with Gasteiger partial charge in [-0.2, -0.15) is 0 Å². The summed E-state index contributed by atoms with van der Waals surface area (Å²) >= 11 is 0. The molecule has 0 spiro atoms. The van der Waals surface area contributed by atoms with Gasteiger partial charge in [0.15, 0.2) is 0 Å². The third-order valence-electron chi connectivity index (χ3n) is 4.32. The van der Waals surface area contributed by atoms with Gasteiger partial charge in [-0.1, -0.05) is 117 Å². The smallest absolute Gasteiger partial charge is 0.0134 e. The highest BCUT2D eigenvalue weighted by atomic mass is 127. The molecular formula is C23H26IP. The number of rotatable bonds is 4. The maximum atomic E-state index is 2.26. The third-order valence-corrected chi connectivity index (χ3v) is 6.76. The van der Waals surface area contributed by atoms with Crippen LogP contribution in [0.15, 0.2) is 91.0 Å². The summed E-state index contributed by atoms with van der Waals surface area (Å²) in [6.45, 7) is 2.26. The van der Waals surface area contributed by atoms with E-state index in [2.05, 4.69) is 97.9 Å². The first-order valence-corrected chi connectivity index (χ1v) is 10.2. The van der Waals surface area contributed by atoms with Gasteiger partial charge in [0.05, 0.1) is 0 Å². The topological polar surface area (TPSA) is 0 Å². The number of hydrogen-bond donors (Lipinski definition) is 0. The van der Waals surface area contributed by atoms with E-state index in [0.717, 1.165) is 5.92 Å². The van der Waals surface area contributed by atoms with Crippen LogP contribution in [0.1, 0.15) is 26.2 Å². The molecule has 0 radical (unpaired) electrons. The highest BCUT2D eigenvalue weighted by Crippen LogP contribution is 2.32. The number of halogens is 1. The van der Waals surface area contributed by atoms with Crippen LogP contribution < -0.4 is 15.9 Å². The van der Waals surface area contributed by atoms with Crippen molar-refractivity contribution in [2.75, 3.05) is 0 Å². The van der Waals surface area contributed by atoms with Crippen LogP contribution in [0.2, 0.25) is 0 Å². The van der Waals surface area contributed by atoms with Crippen LogP contribution in [-0.4, -0.2) is 0 Å². The maximum absolute atomic E-state index is 2.26. The monoisotopic (exact) mass is 460 g/mol. The van der Waals surface area contributed by atoms with Gasteiger partial charge in [-0.25, -0.2) is 0 Å². The molecule has 0 unspecified atom stereocenters. The molecule has 0 aromatic heterocycles. The minimum atomic E-state index is -0.446. The second-order valence-corrected chi connectivity index (χ2v) is 8.41. The molecule has 25 heavy (non-hydrogen) atoms. The van der Waals surface area contributed by atoms with Crippen molar-refractivity contribution >= 4 is 47.8 Å². The SMILES string of the molecule is CCC1CC1.I.c1ccc(P(c2ccccc2)c2ccccc2)cc1. The number of hydrogen-bond acceptors (Lipinski definition) is 0. The first-order valence-electron chi connectivity index (χ1n) is 8.83. The quantitative estimate of drug-likeness (QED) is 0.338. The lowest BCUT2D eigenvalue weighted by atomic mass is 10.3. The lowest BCUT2D eigenvalue weighted by Gasteiger charge is -2.18. The van der Waals surface area contributed by atoms with Crippen LogP contribution in [0.4, 0.5) is 0 Å².